The van der Waals surface area contributed by atoms with Crippen LogP contribution in [-0.2, 0) is 21.0 Å². The molecule has 0 atom stereocenters. The predicted octanol–water partition coefficient (Wildman–Crippen LogP) is 2.49. The Hall–Kier alpha value is -2.33. The van der Waals surface area contributed by atoms with E-state index in [2.05, 4.69) is 15.8 Å². The number of piperidine rings is 1. The lowest BCUT2D eigenvalue weighted by atomic mass is 9.87. The average molecular weight is 422 g/mol. The molecule has 2 heterocycles. The second kappa shape index (κ2) is 9.24. The lowest BCUT2D eigenvalue weighted by Crippen LogP contribution is -2.43. The maximum absolute atomic E-state index is 12.1. The van der Waals surface area contributed by atoms with Crippen molar-refractivity contribution in [2.24, 2.45) is 5.16 Å². The summed E-state index contributed by atoms with van der Waals surface area (Å²) >= 11 is 5.83. The minimum absolute atomic E-state index is 0.152. The van der Waals surface area contributed by atoms with Crippen molar-refractivity contribution >= 4 is 29.2 Å². The number of carbonyl (C=O) groups excluding carboxylic acids is 1. The number of aliphatic carboxylic acids is 1. The molecule has 0 unspecified atom stereocenters. The summed E-state index contributed by atoms with van der Waals surface area (Å²) in [7, 11) is 0. The largest absolute Gasteiger partial charge is 0.490 e. The van der Waals surface area contributed by atoms with Crippen molar-refractivity contribution in [3.8, 4) is 0 Å². The summed E-state index contributed by atoms with van der Waals surface area (Å²) < 4.78 is 31.7. The van der Waals surface area contributed by atoms with Gasteiger partial charge >= 0.3 is 12.1 Å². The minimum atomic E-state index is -5.08. The van der Waals surface area contributed by atoms with Gasteiger partial charge in [-0.25, -0.2) is 4.79 Å². The first-order valence-electron chi connectivity index (χ1n) is 8.40. The molecule has 0 aromatic heterocycles. The van der Waals surface area contributed by atoms with Crippen LogP contribution < -0.4 is 10.6 Å². The van der Waals surface area contributed by atoms with Gasteiger partial charge in [0, 0.05) is 30.8 Å². The van der Waals surface area contributed by atoms with Gasteiger partial charge in [-0.1, -0.05) is 28.9 Å². The van der Waals surface area contributed by atoms with E-state index in [1.165, 1.54) is 0 Å². The number of carboxylic acids is 1. The third kappa shape index (κ3) is 6.38. The topological polar surface area (TPSA) is 100 Å². The first-order valence-corrected chi connectivity index (χ1v) is 8.78. The Morgan fingerprint density at radius 1 is 1.25 bits per heavy atom. The summed E-state index contributed by atoms with van der Waals surface area (Å²) in [4.78, 5) is 26.6. The number of hydrogen-bond acceptors (Lipinski definition) is 5. The van der Waals surface area contributed by atoms with Crippen molar-refractivity contribution < 1.29 is 32.7 Å². The molecule has 2 aliphatic rings. The zero-order valence-corrected chi connectivity index (χ0v) is 15.4. The first-order chi connectivity index (χ1) is 13.1. The fourth-order valence-corrected chi connectivity index (χ4v) is 2.81. The maximum atomic E-state index is 12.1. The fourth-order valence-electron chi connectivity index (χ4n) is 2.68. The molecule has 1 aromatic carbocycles. The van der Waals surface area contributed by atoms with Gasteiger partial charge in [0.1, 0.15) is 11.3 Å². The van der Waals surface area contributed by atoms with Gasteiger partial charge in [0.05, 0.1) is 0 Å². The Labute approximate surface area is 163 Å². The van der Waals surface area contributed by atoms with Crippen LogP contribution in [0.1, 0.15) is 24.8 Å². The van der Waals surface area contributed by atoms with Crippen molar-refractivity contribution in [3.63, 3.8) is 0 Å². The highest BCUT2D eigenvalue weighted by Crippen LogP contribution is 2.32. The number of carboxylic acid groups (broad SMARTS) is 1. The molecule has 3 rings (SSSR count). The highest BCUT2D eigenvalue weighted by molar-refractivity contribution is 6.39. The highest BCUT2D eigenvalue weighted by Gasteiger charge is 2.42. The van der Waals surface area contributed by atoms with E-state index >= 15 is 0 Å². The number of benzene rings is 1. The smallest absolute Gasteiger partial charge is 0.475 e. The molecule has 0 bridgehead atoms. The van der Waals surface area contributed by atoms with Crippen LogP contribution in [0.15, 0.2) is 29.4 Å². The van der Waals surface area contributed by atoms with Gasteiger partial charge in [-0.2, -0.15) is 13.2 Å². The van der Waals surface area contributed by atoms with Crippen LogP contribution in [0, 0.1) is 0 Å². The van der Waals surface area contributed by atoms with Crippen LogP contribution in [0.25, 0.3) is 0 Å². The molecular formula is C17H19ClF3N3O4. The van der Waals surface area contributed by atoms with E-state index in [1.54, 1.807) is 0 Å². The molecule has 1 spiro atoms. The molecule has 2 aliphatic heterocycles. The Balaban J connectivity index is 0.000000345. The lowest BCUT2D eigenvalue weighted by Gasteiger charge is -2.30. The van der Waals surface area contributed by atoms with Gasteiger partial charge in [0.15, 0.2) is 0 Å². The second-order valence-corrected chi connectivity index (χ2v) is 6.79. The zero-order chi connectivity index (χ0) is 20.8. The molecule has 3 N–H and O–H groups in total. The molecule has 1 amide bonds. The SMILES string of the molecule is O=C(NCc1ccc(Cl)cc1)C1=NOC2(CCNCC2)C1.O=C(O)C(F)(F)F. The molecule has 11 heteroatoms. The predicted molar refractivity (Wildman–Crippen MR) is 95.0 cm³/mol. The van der Waals surface area contributed by atoms with Gasteiger partial charge < -0.3 is 20.6 Å². The summed E-state index contributed by atoms with van der Waals surface area (Å²) in [5.41, 5.74) is 1.23. The quantitative estimate of drug-likeness (QED) is 0.696. The molecule has 1 aromatic rings. The number of nitrogens with one attached hydrogen (secondary N) is 2. The Morgan fingerprint density at radius 2 is 1.82 bits per heavy atom. The number of rotatable bonds is 3. The van der Waals surface area contributed by atoms with Crippen LogP contribution >= 0.6 is 11.6 Å². The van der Waals surface area contributed by atoms with E-state index in [1.807, 2.05) is 24.3 Å². The van der Waals surface area contributed by atoms with Crippen LogP contribution in [0.3, 0.4) is 0 Å². The third-order valence-corrected chi connectivity index (χ3v) is 4.48. The molecule has 154 valence electrons. The van der Waals surface area contributed by atoms with Crippen LogP contribution in [0.4, 0.5) is 13.2 Å². The number of alkyl halides is 3. The molecule has 1 saturated heterocycles. The van der Waals surface area contributed by atoms with Crippen LogP contribution in [-0.4, -0.2) is 47.6 Å². The summed E-state index contributed by atoms with van der Waals surface area (Å²) in [6, 6.07) is 7.40. The number of carbonyl (C=O) groups is 2. The molecule has 0 radical (unpaired) electrons. The zero-order valence-electron chi connectivity index (χ0n) is 14.7. The molecule has 0 saturated carbocycles. The average Bonchev–Trinajstić information content (AvgIpc) is 3.05. The van der Waals surface area contributed by atoms with Crippen LogP contribution in [0.5, 0.6) is 0 Å². The van der Waals surface area contributed by atoms with Gasteiger partial charge in [0.25, 0.3) is 5.91 Å². The number of oxime groups is 1. The third-order valence-electron chi connectivity index (χ3n) is 4.22. The van der Waals surface area contributed by atoms with E-state index in [4.69, 9.17) is 26.3 Å². The van der Waals surface area contributed by atoms with E-state index in [9.17, 15) is 18.0 Å². The van der Waals surface area contributed by atoms with Gasteiger partial charge in [0.2, 0.25) is 0 Å². The Morgan fingerprint density at radius 3 is 2.36 bits per heavy atom. The van der Waals surface area contributed by atoms with Gasteiger partial charge in [-0.3, -0.25) is 4.79 Å². The van der Waals surface area contributed by atoms with Crippen molar-refractivity contribution in [1.29, 1.82) is 0 Å². The van der Waals surface area contributed by atoms with Crippen LogP contribution in [0.2, 0.25) is 5.02 Å². The number of halogens is 4. The summed E-state index contributed by atoms with van der Waals surface area (Å²) in [6.07, 6.45) is -2.70. The Bertz CT molecular complexity index is 732. The molecule has 0 aliphatic carbocycles. The van der Waals surface area contributed by atoms with Crippen molar-refractivity contribution in [2.45, 2.75) is 37.6 Å². The second-order valence-electron chi connectivity index (χ2n) is 6.35. The monoisotopic (exact) mass is 421 g/mol. The van der Waals surface area contributed by atoms with E-state index in [-0.39, 0.29) is 11.5 Å². The van der Waals surface area contributed by atoms with Gasteiger partial charge in [-0.05, 0) is 30.8 Å². The summed E-state index contributed by atoms with van der Waals surface area (Å²) in [5, 5.41) is 18.0. The first kappa shape index (κ1) is 22.0. The molecular weight excluding hydrogens is 403 g/mol. The highest BCUT2D eigenvalue weighted by atomic mass is 35.5. The van der Waals surface area contributed by atoms with E-state index in [0.717, 1.165) is 31.5 Å². The normalized spacial score (nSPS) is 17.8. The lowest BCUT2D eigenvalue weighted by molar-refractivity contribution is -0.192. The minimum Gasteiger partial charge on any atom is -0.475 e. The molecule has 1 fully saturated rings. The number of hydrogen-bond donors (Lipinski definition) is 3. The summed E-state index contributed by atoms with van der Waals surface area (Å²) in [6.45, 7) is 2.29. The van der Waals surface area contributed by atoms with Crippen molar-refractivity contribution in [2.75, 3.05) is 13.1 Å². The van der Waals surface area contributed by atoms with Crippen molar-refractivity contribution in [1.82, 2.24) is 10.6 Å². The molecule has 7 nitrogen and oxygen atoms in total. The summed E-state index contributed by atoms with van der Waals surface area (Å²) in [5.74, 6) is -2.91. The Kier molecular flexibility index (Phi) is 7.25. The number of amides is 1. The fraction of sp³-hybridized carbons (Fsp3) is 0.471. The standard InChI is InChI=1S/C15H18ClN3O2.C2HF3O2/c16-12-3-1-11(2-4-12)10-18-14(20)13-9-15(21-19-13)5-7-17-8-6-15;3-2(4,5)1(6)7/h1-4,17H,5-10H2,(H,18,20);(H,6,7). The van der Waals surface area contributed by atoms with E-state index in [0.29, 0.717) is 23.7 Å². The maximum Gasteiger partial charge on any atom is 0.490 e. The van der Waals surface area contributed by atoms with Crippen molar-refractivity contribution in [3.05, 3.63) is 34.9 Å². The van der Waals surface area contributed by atoms with Gasteiger partial charge in [-0.15, -0.1) is 0 Å². The molecule has 28 heavy (non-hydrogen) atoms. The number of nitrogens with zero attached hydrogens (tertiary/aromatic N) is 1. The van der Waals surface area contributed by atoms with E-state index < -0.39 is 12.1 Å².